The Balaban J connectivity index is 0.000000160. The minimum Gasteiger partial charge on any atom is -0.385 e. The van der Waals surface area contributed by atoms with Gasteiger partial charge in [-0.2, -0.15) is 0 Å². The van der Waals surface area contributed by atoms with Gasteiger partial charge in [0.25, 0.3) is 0 Å². The summed E-state index contributed by atoms with van der Waals surface area (Å²) < 4.78 is 0.843. The highest BCUT2D eigenvalue weighted by Gasteiger charge is 1.78. The van der Waals surface area contributed by atoms with Crippen molar-refractivity contribution in [1.29, 1.82) is 0 Å². The molecule has 8 heteroatoms. The first-order chi connectivity index (χ1) is 7.58. The molecule has 0 atom stereocenters. The van der Waals surface area contributed by atoms with Crippen LogP contribution in [0.1, 0.15) is 0 Å². The lowest BCUT2D eigenvalue weighted by molar-refractivity contribution is 1.14. The molecule has 0 aromatic carbocycles. The molecule has 0 spiro atoms. The molecule has 6 nitrogen and oxygen atoms in total. The number of aromatic amines is 2. The molecule has 16 heavy (non-hydrogen) atoms. The minimum atomic E-state index is 0.421. The van der Waals surface area contributed by atoms with Crippen molar-refractivity contribution in [2.24, 2.45) is 0 Å². The summed E-state index contributed by atoms with van der Waals surface area (Å²) in [6.45, 7) is 0. The van der Waals surface area contributed by atoms with Gasteiger partial charge in [0.05, 0.1) is 0 Å². The van der Waals surface area contributed by atoms with Crippen molar-refractivity contribution in [2.45, 2.75) is 0 Å². The Morgan fingerprint density at radius 2 is 1.25 bits per heavy atom. The van der Waals surface area contributed by atoms with Gasteiger partial charge in [0.15, 0.2) is 9.54 Å². The predicted molar refractivity (Wildman–Crippen MR) is 67.7 cm³/mol. The van der Waals surface area contributed by atoms with Crippen LogP contribution in [0.4, 0.5) is 11.6 Å². The zero-order chi connectivity index (χ0) is 12.0. The summed E-state index contributed by atoms with van der Waals surface area (Å²) in [5, 5.41) is 0. The maximum absolute atomic E-state index is 5.30. The van der Waals surface area contributed by atoms with E-state index in [1.807, 2.05) is 0 Å². The van der Waals surface area contributed by atoms with Crippen molar-refractivity contribution in [1.82, 2.24) is 19.9 Å². The van der Waals surface area contributed by atoms with Gasteiger partial charge in [-0.1, -0.05) is 0 Å². The highest BCUT2D eigenvalue weighted by Crippen LogP contribution is 1.89. The zero-order valence-electron chi connectivity index (χ0n) is 8.18. The average Bonchev–Trinajstić information content (AvgIpc) is 2.17. The second-order valence-electron chi connectivity index (χ2n) is 2.66. The monoisotopic (exact) mass is 254 g/mol. The minimum absolute atomic E-state index is 0.421. The van der Waals surface area contributed by atoms with Gasteiger partial charge in [0, 0.05) is 12.4 Å². The Bertz CT molecular complexity index is 509. The van der Waals surface area contributed by atoms with Gasteiger partial charge in [-0.15, -0.1) is 0 Å². The van der Waals surface area contributed by atoms with Crippen LogP contribution in [0.25, 0.3) is 0 Å². The van der Waals surface area contributed by atoms with Crippen LogP contribution in [0, 0.1) is 9.54 Å². The molecule has 2 aromatic heterocycles. The Morgan fingerprint density at radius 1 is 0.875 bits per heavy atom. The highest BCUT2D eigenvalue weighted by molar-refractivity contribution is 7.71. The molecule has 0 bridgehead atoms. The standard InChI is InChI=1S/2C4H5N3S/c2*5-3-1-2-6-4(8)7-3/h2*1-2H,(H3,5,6,7,8). The number of H-pyrrole nitrogens is 2. The van der Waals surface area contributed by atoms with Gasteiger partial charge in [-0.3, -0.25) is 0 Å². The molecule has 0 fully saturated rings. The van der Waals surface area contributed by atoms with Crippen molar-refractivity contribution in [3.05, 3.63) is 34.1 Å². The van der Waals surface area contributed by atoms with Crippen molar-refractivity contribution in [3.8, 4) is 0 Å². The predicted octanol–water partition coefficient (Wildman–Crippen LogP) is 1.44. The van der Waals surface area contributed by atoms with E-state index in [1.165, 1.54) is 0 Å². The van der Waals surface area contributed by atoms with E-state index in [1.54, 1.807) is 24.5 Å². The van der Waals surface area contributed by atoms with Crippen LogP contribution in [0.5, 0.6) is 0 Å². The zero-order valence-corrected chi connectivity index (χ0v) is 9.81. The molecule has 2 heterocycles. The Hall–Kier alpha value is -1.80. The molecule has 2 aromatic rings. The van der Waals surface area contributed by atoms with Crippen LogP contribution in [0.3, 0.4) is 0 Å². The van der Waals surface area contributed by atoms with E-state index in [9.17, 15) is 0 Å². The van der Waals surface area contributed by atoms with Crippen LogP contribution in [0.2, 0.25) is 0 Å². The third-order valence-electron chi connectivity index (χ3n) is 1.39. The van der Waals surface area contributed by atoms with Crippen LogP contribution >= 0.6 is 24.4 Å². The number of hydrogen-bond acceptors (Lipinski definition) is 6. The fraction of sp³-hybridized carbons (Fsp3) is 0. The summed E-state index contributed by atoms with van der Waals surface area (Å²) in [6, 6.07) is 3.30. The summed E-state index contributed by atoms with van der Waals surface area (Å²) in [4.78, 5) is 12.7. The van der Waals surface area contributed by atoms with E-state index in [2.05, 4.69) is 44.4 Å². The van der Waals surface area contributed by atoms with Gasteiger partial charge in [-0.25, -0.2) is 9.97 Å². The number of nitrogens with two attached hydrogens (primary N) is 2. The molecule has 84 valence electrons. The first-order valence-electron chi connectivity index (χ1n) is 4.19. The normalized spacial score (nSPS) is 9.00. The molecular formula is C8H10N6S2. The first-order valence-corrected chi connectivity index (χ1v) is 5.01. The molecule has 0 radical (unpaired) electrons. The van der Waals surface area contributed by atoms with E-state index >= 15 is 0 Å². The molecule has 6 N–H and O–H groups in total. The third kappa shape index (κ3) is 4.62. The number of anilines is 2. The molecular weight excluding hydrogens is 244 g/mol. The fourth-order valence-corrected chi connectivity index (χ4v) is 1.12. The van der Waals surface area contributed by atoms with Crippen LogP contribution < -0.4 is 11.5 Å². The largest absolute Gasteiger partial charge is 0.385 e. The number of nitrogen functional groups attached to an aromatic ring is 2. The van der Waals surface area contributed by atoms with E-state index < -0.39 is 0 Å². The van der Waals surface area contributed by atoms with E-state index in [-0.39, 0.29) is 0 Å². The van der Waals surface area contributed by atoms with E-state index in [0.29, 0.717) is 21.2 Å². The van der Waals surface area contributed by atoms with Gasteiger partial charge >= 0.3 is 0 Å². The molecule has 0 unspecified atom stereocenters. The van der Waals surface area contributed by atoms with Gasteiger partial charge in [0.2, 0.25) is 0 Å². The van der Waals surface area contributed by atoms with Crippen LogP contribution in [0.15, 0.2) is 24.5 Å². The highest BCUT2D eigenvalue weighted by atomic mass is 32.1. The van der Waals surface area contributed by atoms with Crippen molar-refractivity contribution < 1.29 is 0 Å². The second-order valence-corrected chi connectivity index (χ2v) is 3.43. The number of rotatable bonds is 0. The van der Waals surface area contributed by atoms with Crippen LogP contribution in [-0.2, 0) is 0 Å². The summed E-state index contributed by atoms with van der Waals surface area (Å²) >= 11 is 9.31. The molecule has 0 aliphatic carbocycles. The molecule has 0 saturated heterocycles. The Morgan fingerprint density at radius 3 is 1.44 bits per heavy atom. The smallest absolute Gasteiger partial charge is 0.198 e. The van der Waals surface area contributed by atoms with Crippen LogP contribution in [-0.4, -0.2) is 19.9 Å². The number of hydrogen-bond donors (Lipinski definition) is 4. The number of nitrogens with one attached hydrogen (secondary N) is 2. The molecule has 0 aliphatic heterocycles. The lowest BCUT2D eigenvalue weighted by Gasteiger charge is -1.86. The summed E-state index contributed by atoms with van der Waals surface area (Å²) in [5.41, 5.74) is 10.6. The Kier molecular flexibility index (Phi) is 4.55. The van der Waals surface area contributed by atoms with E-state index in [0.717, 1.165) is 0 Å². The van der Waals surface area contributed by atoms with Crippen molar-refractivity contribution >= 4 is 36.1 Å². The average molecular weight is 254 g/mol. The molecule has 2 rings (SSSR count). The molecule has 0 aliphatic rings. The maximum Gasteiger partial charge on any atom is 0.198 e. The first kappa shape index (κ1) is 12.3. The maximum atomic E-state index is 5.30. The summed E-state index contributed by atoms with van der Waals surface area (Å²) in [6.07, 6.45) is 3.13. The lowest BCUT2D eigenvalue weighted by atomic mass is 10.6. The van der Waals surface area contributed by atoms with Crippen molar-refractivity contribution in [3.63, 3.8) is 0 Å². The lowest BCUT2D eigenvalue weighted by Crippen LogP contribution is -1.89. The number of nitrogens with zero attached hydrogens (tertiary/aromatic N) is 2. The fourth-order valence-electron chi connectivity index (χ4n) is 0.765. The summed E-state index contributed by atoms with van der Waals surface area (Å²) in [7, 11) is 0. The third-order valence-corrected chi connectivity index (χ3v) is 1.81. The Labute approximate surface area is 102 Å². The molecule has 0 amide bonds. The molecule has 0 saturated carbocycles. The van der Waals surface area contributed by atoms with Gasteiger partial charge < -0.3 is 21.4 Å². The van der Waals surface area contributed by atoms with E-state index in [4.69, 9.17) is 11.5 Å². The van der Waals surface area contributed by atoms with Crippen molar-refractivity contribution in [2.75, 3.05) is 11.5 Å². The SMILES string of the molecule is Nc1ccnc(=S)[nH]1.Nc1ccnc(=S)[nH]1. The van der Waals surface area contributed by atoms with Gasteiger partial charge in [0.1, 0.15) is 11.6 Å². The quantitative estimate of drug-likeness (QED) is 0.530. The topological polar surface area (TPSA) is 109 Å². The van der Waals surface area contributed by atoms with Gasteiger partial charge in [-0.05, 0) is 36.6 Å². The number of aromatic nitrogens is 4. The summed E-state index contributed by atoms with van der Waals surface area (Å²) in [5.74, 6) is 1.09. The second kappa shape index (κ2) is 5.93.